The minimum Gasteiger partial charge on any atom is -0.497 e. The van der Waals surface area contributed by atoms with E-state index in [1.807, 2.05) is 89.5 Å². The van der Waals surface area contributed by atoms with Gasteiger partial charge in [-0.05, 0) is 72.0 Å². The standard InChI is InChI=1S/C46H48N5O9PS/c1-31(52)49-45-44-39(24-25-47-45)50(30-48-44)43-27-40(59-61-51-26-10-15-38(51)42(60-61)29-62(53,54)37-13-8-5-9-14-37)41(58-43)28-57-46(32-11-6-4-7-12-32,33-16-20-35(55-2)21-17-33)34-18-22-36(56-3)23-19-34/h4-9,11-14,16-25,30,38,40-43H,10,15,26-29H2,1-3H3,(H,47,49,52)/t38-,40-,41+,42+,43+,61+/m0/s1. The Hall–Kier alpha value is -5.25. The Labute approximate surface area is 362 Å². The molecular weight excluding hydrogens is 830 g/mol. The van der Waals surface area contributed by atoms with Crippen LogP contribution in [0, 0.1) is 0 Å². The molecule has 0 unspecified atom stereocenters. The van der Waals surface area contributed by atoms with Crippen LogP contribution >= 0.6 is 8.53 Å². The number of anilines is 1. The van der Waals surface area contributed by atoms with E-state index >= 15 is 0 Å². The van der Waals surface area contributed by atoms with Gasteiger partial charge in [-0.15, -0.1) is 0 Å². The molecule has 1 N–H and O–H groups in total. The molecule has 3 aliphatic heterocycles. The van der Waals surface area contributed by atoms with Gasteiger partial charge in [-0.25, -0.2) is 23.1 Å². The van der Waals surface area contributed by atoms with Crippen molar-refractivity contribution in [1.82, 2.24) is 19.2 Å². The summed E-state index contributed by atoms with van der Waals surface area (Å²) in [4.78, 5) is 21.3. The van der Waals surface area contributed by atoms with Crippen molar-refractivity contribution in [2.45, 2.75) is 67.3 Å². The van der Waals surface area contributed by atoms with E-state index in [9.17, 15) is 13.2 Å². The second kappa shape index (κ2) is 17.9. The summed E-state index contributed by atoms with van der Waals surface area (Å²) in [7, 11) is -2.02. The van der Waals surface area contributed by atoms with E-state index in [0.717, 1.165) is 41.6 Å². The number of hydrogen-bond donors (Lipinski definition) is 1. The zero-order valence-corrected chi connectivity index (χ0v) is 36.3. The highest BCUT2D eigenvalue weighted by Crippen LogP contribution is 2.58. The van der Waals surface area contributed by atoms with E-state index < -0.39 is 48.5 Å². The van der Waals surface area contributed by atoms with Crippen LogP contribution in [0.25, 0.3) is 11.0 Å². The normalized spacial score (nSPS) is 22.8. The zero-order chi connectivity index (χ0) is 42.8. The average molecular weight is 878 g/mol. The number of imidazole rings is 1. The van der Waals surface area contributed by atoms with Gasteiger partial charge in [0.05, 0.1) is 55.5 Å². The Balaban J connectivity index is 1.07. The van der Waals surface area contributed by atoms with Gasteiger partial charge in [0.2, 0.25) is 5.91 Å². The number of hydrogen-bond acceptors (Lipinski definition) is 12. The quantitative estimate of drug-likeness (QED) is 0.0797. The van der Waals surface area contributed by atoms with Crippen LogP contribution in [-0.2, 0) is 38.8 Å². The Morgan fingerprint density at radius 3 is 2.15 bits per heavy atom. The first-order chi connectivity index (χ1) is 30.2. The van der Waals surface area contributed by atoms with Gasteiger partial charge >= 0.3 is 0 Å². The molecule has 14 nitrogen and oxygen atoms in total. The third-order valence-corrected chi connectivity index (χ3v) is 15.3. The molecule has 0 radical (unpaired) electrons. The maximum atomic E-state index is 13.6. The molecule has 1 amide bonds. The summed E-state index contributed by atoms with van der Waals surface area (Å²) < 4.78 is 70.5. The molecule has 16 heteroatoms. The van der Waals surface area contributed by atoms with Gasteiger partial charge in [0.1, 0.15) is 34.9 Å². The number of nitrogens with one attached hydrogen (secondary N) is 1. The van der Waals surface area contributed by atoms with Crippen molar-refractivity contribution >= 4 is 41.1 Å². The Morgan fingerprint density at radius 2 is 1.50 bits per heavy atom. The Kier molecular flexibility index (Phi) is 12.1. The molecule has 322 valence electrons. The molecule has 3 saturated heterocycles. The molecular formula is C46H48N5O9PS. The number of carbonyl (C=O) groups excluding carboxylic acids is 1. The van der Waals surface area contributed by atoms with Crippen molar-refractivity contribution in [2.75, 3.05) is 38.4 Å². The van der Waals surface area contributed by atoms with E-state index in [1.54, 1.807) is 57.1 Å². The van der Waals surface area contributed by atoms with Gasteiger partial charge in [0, 0.05) is 32.1 Å². The lowest BCUT2D eigenvalue weighted by Crippen LogP contribution is -2.38. The summed E-state index contributed by atoms with van der Waals surface area (Å²) in [5.41, 5.74) is 2.75. The first-order valence-corrected chi connectivity index (χ1v) is 23.4. The number of fused-ring (bicyclic) bond motifs is 2. The van der Waals surface area contributed by atoms with Crippen LogP contribution < -0.4 is 14.8 Å². The fourth-order valence-corrected chi connectivity index (χ4v) is 12.3. The first-order valence-electron chi connectivity index (χ1n) is 20.6. The second-order valence-corrected chi connectivity index (χ2v) is 19.0. The third-order valence-electron chi connectivity index (χ3n) is 11.8. The lowest BCUT2D eigenvalue weighted by Gasteiger charge is -2.37. The molecule has 2 aromatic heterocycles. The summed E-state index contributed by atoms with van der Waals surface area (Å²) in [5.74, 6) is 1.36. The fraction of sp³-hybridized carbons (Fsp3) is 0.326. The number of carbonyl (C=O) groups is 1. The van der Waals surface area contributed by atoms with Crippen LogP contribution in [-0.4, -0.2) is 91.0 Å². The maximum absolute atomic E-state index is 13.6. The Morgan fingerprint density at radius 1 is 0.855 bits per heavy atom. The molecule has 3 aliphatic rings. The van der Waals surface area contributed by atoms with Crippen molar-refractivity contribution in [1.29, 1.82) is 0 Å². The molecule has 0 spiro atoms. The van der Waals surface area contributed by atoms with Gasteiger partial charge in [-0.1, -0.05) is 72.8 Å². The van der Waals surface area contributed by atoms with E-state index in [1.165, 1.54) is 6.92 Å². The highest BCUT2D eigenvalue weighted by Gasteiger charge is 2.51. The molecule has 5 heterocycles. The van der Waals surface area contributed by atoms with Crippen molar-refractivity contribution in [3.63, 3.8) is 0 Å². The highest BCUT2D eigenvalue weighted by atomic mass is 32.2. The molecule has 4 aromatic carbocycles. The predicted molar refractivity (Wildman–Crippen MR) is 234 cm³/mol. The fourth-order valence-electron chi connectivity index (χ4n) is 8.75. The van der Waals surface area contributed by atoms with Crippen molar-refractivity contribution in [2.24, 2.45) is 0 Å². The van der Waals surface area contributed by atoms with Crippen molar-refractivity contribution in [3.8, 4) is 11.5 Å². The highest BCUT2D eigenvalue weighted by molar-refractivity contribution is 7.91. The van der Waals surface area contributed by atoms with Crippen LogP contribution in [0.15, 0.2) is 133 Å². The number of ether oxygens (including phenoxy) is 4. The topological polar surface area (TPSA) is 153 Å². The van der Waals surface area contributed by atoms with Gasteiger partial charge in [0.15, 0.2) is 15.7 Å². The maximum Gasteiger partial charge on any atom is 0.259 e. The number of methoxy groups -OCH3 is 2. The largest absolute Gasteiger partial charge is 0.497 e. The lowest BCUT2D eigenvalue weighted by molar-refractivity contribution is -0.114. The average Bonchev–Trinajstić information content (AvgIpc) is 4.11. The van der Waals surface area contributed by atoms with E-state index in [4.69, 9.17) is 28.0 Å². The summed E-state index contributed by atoms with van der Waals surface area (Å²) in [6.07, 6.45) is 3.12. The predicted octanol–water partition coefficient (Wildman–Crippen LogP) is 7.65. The number of benzene rings is 4. The minimum atomic E-state index is -3.63. The van der Waals surface area contributed by atoms with Crippen LogP contribution in [0.2, 0.25) is 0 Å². The van der Waals surface area contributed by atoms with Gasteiger partial charge in [-0.3, -0.25) is 4.79 Å². The number of rotatable bonds is 15. The van der Waals surface area contributed by atoms with E-state index in [0.29, 0.717) is 29.3 Å². The van der Waals surface area contributed by atoms with Gasteiger partial charge < -0.3 is 37.9 Å². The minimum absolute atomic E-state index is 0.0812. The van der Waals surface area contributed by atoms with Crippen molar-refractivity contribution in [3.05, 3.63) is 144 Å². The molecule has 3 fully saturated rings. The first kappa shape index (κ1) is 42.1. The number of aromatic nitrogens is 3. The van der Waals surface area contributed by atoms with E-state index in [2.05, 4.69) is 20.0 Å². The number of sulfone groups is 1. The molecule has 0 aliphatic carbocycles. The summed E-state index contributed by atoms with van der Waals surface area (Å²) >= 11 is 0. The van der Waals surface area contributed by atoms with Crippen LogP contribution in [0.1, 0.15) is 49.1 Å². The molecule has 6 atom stereocenters. The Bertz CT molecular complexity index is 2550. The number of amides is 1. The lowest BCUT2D eigenvalue weighted by atomic mass is 9.80. The molecule has 0 bridgehead atoms. The molecule has 9 rings (SSSR count). The molecule has 6 aromatic rings. The van der Waals surface area contributed by atoms with Gasteiger partial charge in [0.25, 0.3) is 8.53 Å². The summed E-state index contributed by atoms with van der Waals surface area (Å²) in [5, 5.41) is 2.78. The van der Waals surface area contributed by atoms with Gasteiger partial charge in [-0.2, -0.15) is 0 Å². The zero-order valence-electron chi connectivity index (χ0n) is 34.6. The number of nitrogens with zero attached hydrogens (tertiary/aromatic N) is 4. The summed E-state index contributed by atoms with van der Waals surface area (Å²) in [6, 6.07) is 36.0. The van der Waals surface area contributed by atoms with Crippen LogP contribution in [0.5, 0.6) is 11.5 Å². The third kappa shape index (κ3) is 8.22. The van der Waals surface area contributed by atoms with Crippen LogP contribution in [0.4, 0.5) is 5.82 Å². The second-order valence-electron chi connectivity index (χ2n) is 15.5. The number of pyridine rings is 1. The SMILES string of the molecule is COc1ccc(C(OC[C@H]2O[C@@H](n3cnc4c(NC(C)=O)nccc43)C[C@@H]2O[P@]2O[C@H](CS(=O)(=O)c3ccccc3)[C@@H]3CCCN32)(c2ccccc2)c2ccc(OC)cc2)cc1. The van der Waals surface area contributed by atoms with Crippen LogP contribution in [0.3, 0.4) is 0 Å². The smallest absolute Gasteiger partial charge is 0.259 e. The monoisotopic (exact) mass is 877 g/mol. The van der Waals surface area contributed by atoms with Crippen molar-refractivity contribution < 1.29 is 41.2 Å². The molecule has 62 heavy (non-hydrogen) atoms. The molecule has 0 saturated carbocycles. The van der Waals surface area contributed by atoms with E-state index in [-0.39, 0.29) is 29.2 Å². The summed E-state index contributed by atoms with van der Waals surface area (Å²) in [6.45, 7) is 2.24.